The second-order valence-electron chi connectivity index (χ2n) is 6.06. The maximum Gasteiger partial charge on any atom is 0.0713 e. The van der Waals surface area contributed by atoms with Gasteiger partial charge in [-0.15, -0.1) is 0 Å². The molecule has 118 valence electrons. The molecule has 0 aromatic heterocycles. The van der Waals surface area contributed by atoms with Gasteiger partial charge in [-0.1, -0.05) is 38.1 Å². The number of benzene rings is 1. The predicted molar refractivity (Wildman–Crippen MR) is 86.3 cm³/mol. The van der Waals surface area contributed by atoms with Crippen molar-refractivity contribution in [3.05, 3.63) is 35.4 Å². The second-order valence-corrected chi connectivity index (χ2v) is 6.06. The molecule has 1 aliphatic rings. The number of nitrogens with one attached hydrogen (secondary N) is 1. The van der Waals surface area contributed by atoms with Gasteiger partial charge in [0.2, 0.25) is 0 Å². The number of ether oxygens (including phenoxy) is 2. The zero-order chi connectivity index (χ0) is 15.1. The molecule has 1 heterocycles. The van der Waals surface area contributed by atoms with Crippen LogP contribution in [0.1, 0.15) is 50.7 Å². The lowest BCUT2D eigenvalue weighted by atomic mass is 9.86. The molecule has 2 rings (SSSR count). The van der Waals surface area contributed by atoms with Crippen molar-refractivity contribution in [3.63, 3.8) is 0 Å². The molecule has 1 N–H and O–H groups in total. The van der Waals surface area contributed by atoms with Gasteiger partial charge in [-0.3, -0.25) is 0 Å². The molecule has 1 aromatic carbocycles. The van der Waals surface area contributed by atoms with Crippen LogP contribution in [-0.4, -0.2) is 25.4 Å². The van der Waals surface area contributed by atoms with E-state index in [0.29, 0.717) is 12.6 Å². The maximum absolute atomic E-state index is 6.04. The van der Waals surface area contributed by atoms with Crippen LogP contribution in [-0.2, 0) is 22.6 Å². The van der Waals surface area contributed by atoms with Crippen molar-refractivity contribution in [2.24, 2.45) is 0 Å². The Labute approximate surface area is 129 Å². The Balaban J connectivity index is 1.89. The molecule has 0 saturated carbocycles. The standard InChI is InChI=1S/C18H29NO2/c1-4-18(5-2)12-17(9-10-21-18)19-13-15-7-6-8-16(11-15)14-20-3/h6-8,11,17,19H,4-5,9-10,12-14H2,1-3H3. The molecule has 0 spiro atoms. The Morgan fingerprint density at radius 2 is 2.05 bits per heavy atom. The number of rotatable bonds is 7. The van der Waals surface area contributed by atoms with Gasteiger partial charge in [0.05, 0.1) is 12.2 Å². The number of hydrogen-bond acceptors (Lipinski definition) is 3. The highest BCUT2D eigenvalue weighted by atomic mass is 16.5. The van der Waals surface area contributed by atoms with Crippen LogP contribution >= 0.6 is 0 Å². The first-order valence-electron chi connectivity index (χ1n) is 8.15. The van der Waals surface area contributed by atoms with Crippen molar-refractivity contribution in [1.29, 1.82) is 0 Å². The summed E-state index contributed by atoms with van der Waals surface area (Å²) in [6.07, 6.45) is 4.44. The van der Waals surface area contributed by atoms with Crippen LogP contribution in [0.5, 0.6) is 0 Å². The first-order valence-corrected chi connectivity index (χ1v) is 8.15. The van der Waals surface area contributed by atoms with Gasteiger partial charge in [-0.05, 0) is 36.8 Å². The van der Waals surface area contributed by atoms with Crippen LogP contribution in [0.15, 0.2) is 24.3 Å². The molecule has 1 fully saturated rings. The Hall–Kier alpha value is -0.900. The summed E-state index contributed by atoms with van der Waals surface area (Å²) in [4.78, 5) is 0. The molecule has 0 amide bonds. The van der Waals surface area contributed by atoms with E-state index < -0.39 is 0 Å². The second kappa shape index (κ2) is 7.92. The normalized spacial score (nSPS) is 21.4. The monoisotopic (exact) mass is 291 g/mol. The van der Waals surface area contributed by atoms with Crippen LogP contribution in [0, 0.1) is 0 Å². The molecule has 1 unspecified atom stereocenters. The molecule has 1 aliphatic heterocycles. The lowest BCUT2D eigenvalue weighted by molar-refractivity contribution is -0.0932. The zero-order valence-corrected chi connectivity index (χ0v) is 13.7. The van der Waals surface area contributed by atoms with E-state index in [1.165, 1.54) is 11.1 Å². The van der Waals surface area contributed by atoms with Crippen LogP contribution in [0.25, 0.3) is 0 Å². The van der Waals surface area contributed by atoms with E-state index in [-0.39, 0.29) is 5.60 Å². The maximum atomic E-state index is 6.04. The lowest BCUT2D eigenvalue weighted by Crippen LogP contribution is -2.46. The summed E-state index contributed by atoms with van der Waals surface area (Å²) in [6.45, 7) is 6.95. The van der Waals surface area contributed by atoms with Crippen LogP contribution in [0.2, 0.25) is 0 Å². The van der Waals surface area contributed by atoms with Gasteiger partial charge in [0.15, 0.2) is 0 Å². The van der Waals surface area contributed by atoms with E-state index in [0.717, 1.165) is 38.8 Å². The molecule has 1 aromatic rings. The summed E-state index contributed by atoms with van der Waals surface area (Å²) in [5.74, 6) is 0. The Morgan fingerprint density at radius 1 is 1.29 bits per heavy atom. The number of methoxy groups -OCH3 is 1. The molecular weight excluding hydrogens is 262 g/mol. The van der Waals surface area contributed by atoms with E-state index in [2.05, 4.69) is 43.4 Å². The number of hydrogen-bond donors (Lipinski definition) is 1. The van der Waals surface area contributed by atoms with E-state index in [4.69, 9.17) is 9.47 Å². The first kappa shape index (κ1) is 16.5. The lowest BCUT2D eigenvalue weighted by Gasteiger charge is -2.40. The quantitative estimate of drug-likeness (QED) is 0.831. The van der Waals surface area contributed by atoms with E-state index >= 15 is 0 Å². The van der Waals surface area contributed by atoms with Crippen molar-refractivity contribution in [2.45, 2.75) is 64.3 Å². The fourth-order valence-electron chi connectivity index (χ4n) is 3.20. The Bertz CT molecular complexity index is 429. The van der Waals surface area contributed by atoms with Gasteiger partial charge in [0.1, 0.15) is 0 Å². The molecule has 0 aliphatic carbocycles. The SMILES string of the molecule is CCC1(CC)CC(NCc2cccc(COC)c2)CCO1. The fraction of sp³-hybridized carbons (Fsp3) is 0.667. The minimum atomic E-state index is 0.0911. The van der Waals surface area contributed by atoms with E-state index in [1.807, 2.05) is 0 Å². The van der Waals surface area contributed by atoms with Crippen molar-refractivity contribution >= 4 is 0 Å². The Morgan fingerprint density at radius 3 is 2.76 bits per heavy atom. The third kappa shape index (κ3) is 4.53. The zero-order valence-electron chi connectivity index (χ0n) is 13.7. The summed E-state index contributed by atoms with van der Waals surface area (Å²) in [7, 11) is 1.74. The molecule has 1 saturated heterocycles. The average molecular weight is 291 g/mol. The minimum Gasteiger partial charge on any atom is -0.380 e. The summed E-state index contributed by atoms with van der Waals surface area (Å²) in [6, 6.07) is 9.18. The predicted octanol–water partition coefficient (Wildman–Crippen LogP) is 3.66. The van der Waals surface area contributed by atoms with Gasteiger partial charge in [-0.2, -0.15) is 0 Å². The van der Waals surface area contributed by atoms with Crippen molar-refractivity contribution in [3.8, 4) is 0 Å². The third-order valence-electron chi connectivity index (χ3n) is 4.68. The topological polar surface area (TPSA) is 30.5 Å². The summed E-state index contributed by atoms with van der Waals surface area (Å²) in [5, 5.41) is 3.71. The largest absolute Gasteiger partial charge is 0.380 e. The van der Waals surface area contributed by atoms with Gasteiger partial charge >= 0.3 is 0 Å². The minimum absolute atomic E-state index is 0.0911. The van der Waals surface area contributed by atoms with Crippen molar-refractivity contribution in [1.82, 2.24) is 5.32 Å². The summed E-state index contributed by atoms with van der Waals surface area (Å²) < 4.78 is 11.2. The fourth-order valence-corrected chi connectivity index (χ4v) is 3.20. The molecule has 1 atom stereocenters. The van der Waals surface area contributed by atoms with E-state index in [1.54, 1.807) is 7.11 Å². The van der Waals surface area contributed by atoms with Crippen LogP contribution in [0.3, 0.4) is 0 Å². The highest BCUT2D eigenvalue weighted by Gasteiger charge is 2.34. The molecule has 0 radical (unpaired) electrons. The van der Waals surface area contributed by atoms with E-state index in [9.17, 15) is 0 Å². The molecule has 3 heteroatoms. The van der Waals surface area contributed by atoms with Crippen LogP contribution in [0.4, 0.5) is 0 Å². The van der Waals surface area contributed by atoms with Gasteiger partial charge in [0, 0.05) is 26.3 Å². The third-order valence-corrected chi connectivity index (χ3v) is 4.68. The smallest absolute Gasteiger partial charge is 0.0713 e. The van der Waals surface area contributed by atoms with Gasteiger partial charge in [0.25, 0.3) is 0 Å². The molecule has 21 heavy (non-hydrogen) atoms. The Kier molecular flexibility index (Phi) is 6.22. The van der Waals surface area contributed by atoms with Gasteiger partial charge in [-0.25, -0.2) is 0 Å². The molecular formula is C18H29NO2. The van der Waals surface area contributed by atoms with Crippen LogP contribution < -0.4 is 5.32 Å². The van der Waals surface area contributed by atoms with Crippen molar-refractivity contribution in [2.75, 3.05) is 13.7 Å². The first-order chi connectivity index (χ1) is 10.2. The highest BCUT2D eigenvalue weighted by Crippen LogP contribution is 2.31. The molecule has 3 nitrogen and oxygen atoms in total. The van der Waals surface area contributed by atoms with Gasteiger partial charge < -0.3 is 14.8 Å². The average Bonchev–Trinajstić information content (AvgIpc) is 2.54. The highest BCUT2D eigenvalue weighted by molar-refractivity contribution is 5.23. The van der Waals surface area contributed by atoms with Crippen molar-refractivity contribution < 1.29 is 9.47 Å². The summed E-state index contributed by atoms with van der Waals surface area (Å²) in [5.41, 5.74) is 2.66. The summed E-state index contributed by atoms with van der Waals surface area (Å²) >= 11 is 0. The molecule has 0 bridgehead atoms.